The van der Waals surface area contributed by atoms with Gasteiger partial charge in [-0.05, 0) is 36.2 Å². The summed E-state index contributed by atoms with van der Waals surface area (Å²) in [6.45, 7) is 4.54. The van der Waals surface area contributed by atoms with Crippen LogP contribution in [-0.2, 0) is 26.5 Å². The third-order valence-electron chi connectivity index (χ3n) is 8.13. The van der Waals surface area contributed by atoms with E-state index in [-0.39, 0.29) is 33.5 Å². The molecule has 7 heteroatoms. The molecule has 0 fully saturated rings. The molecule has 0 spiro atoms. The number of nitrogens with zero attached hydrogens (tertiary/aromatic N) is 3. The first-order chi connectivity index (χ1) is 19.0. The molecule has 0 aliphatic carbocycles. The second kappa shape index (κ2) is 9.00. The van der Waals surface area contributed by atoms with E-state index in [0.717, 1.165) is 33.6 Å². The number of para-hydroxylation sites is 3. The summed E-state index contributed by atoms with van der Waals surface area (Å²) >= 11 is 0. The fourth-order valence-corrected chi connectivity index (χ4v) is 6.19. The van der Waals surface area contributed by atoms with E-state index in [9.17, 15) is 0 Å². The quantitative estimate of drug-likeness (QED) is 0.158. The Kier molecular flexibility index (Phi) is 5.62. The van der Waals surface area contributed by atoms with Gasteiger partial charge in [-0.2, -0.15) is 18.2 Å². The molecule has 0 atom stereocenters. The maximum Gasteiger partial charge on any atom is 2.00 e. The van der Waals surface area contributed by atoms with Gasteiger partial charge in [0, 0.05) is 34.2 Å². The minimum Gasteiger partial charge on any atom is -0.537 e. The van der Waals surface area contributed by atoms with Crippen molar-refractivity contribution >= 4 is 40.0 Å². The number of rotatable bonds is 3. The molecular weight excluding hydrogens is 676 g/mol. The van der Waals surface area contributed by atoms with E-state index in [4.69, 9.17) is 14.4 Å². The van der Waals surface area contributed by atoms with Gasteiger partial charge >= 0.3 is 28.1 Å². The van der Waals surface area contributed by atoms with Crippen LogP contribution in [0.4, 0.5) is 5.69 Å². The Labute approximate surface area is 247 Å². The van der Waals surface area contributed by atoms with Crippen molar-refractivity contribution < 1.29 is 30.5 Å². The van der Waals surface area contributed by atoms with Crippen molar-refractivity contribution in [3.63, 3.8) is 0 Å². The number of hydrogen-bond acceptors (Lipinski definition) is 4. The van der Waals surface area contributed by atoms with Crippen LogP contribution in [0.3, 0.4) is 0 Å². The molecule has 0 unspecified atom stereocenters. The normalized spacial score (nSPS) is 14.5. The standard InChI is InChI=1S/C33H24BN3O2.Pt/c1-33(2)26-12-7-11-25-24-17-16-23(20-29(24)37(31(25)26)32-27(33)13-8-18-35-32)38-22-10-6-9-21(19-22)34-36(3)28-14-4-5-15-30(28)39-34;/h4-18H,1-3H3;/q-2;+2. The predicted octanol–water partition coefficient (Wildman–Crippen LogP) is 6.43. The minimum atomic E-state index is -0.262. The molecule has 4 heterocycles. The van der Waals surface area contributed by atoms with E-state index < -0.39 is 0 Å². The van der Waals surface area contributed by atoms with Crippen LogP contribution in [0.25, 0.3) is 27.6 Å². The average molecular weight is 700 g/mol. The van der Waals surface area contributed by atoms with Crippen LogP contribution in [0.15, 0.2) is 91.1 Å². The molecule has 8 rings (SSSR count). The second-order valence-corrected chi connectivity index (χ2v) is 10.7. The number of fused-ring (bicyclic) bond motifs is 6. The Morgan fingerprint density at radius 3 is 2.50 bits per heavy atom. The monoisotopic (exact) mass is 700 g/mol. The fourth-order valence-electron chi connectivity index (χ4n) is 6.19. The van der Waals surface area contributed by atoms with Gasteiger partial charge in [0.1, 0.15) is 11.6 Å². The Morgan fingerprint density at radius 2 is 1.62 bits per heavy atom. The predicted molar refractivity (Wildman–Crippen MR) is 156 cm³/mol. The zero-order valence-electron chi connectivity index (χ0n) is 22.2. The molecule has 0 saturated heterocycles. The van der Waals surface area contributed by atoms with Crippen LogP contribution >= 0.6 is 0 Å². The number of aromatic nitrogens is 2. The molecule has 0 bridgehead atoms. The molecule has 0 radical (unpaired) electrons. The van der Waals surface area contributed by atoms with Gasteiger partial charge < -0.3 is 18.8 Å². The summed E-state index contributed by atoms with van der Waals surface area (Å²) in [5.41, 5.74) is 6.44. The van der Waals surface area contributed by atoms with E-state index in [1.165, 1.54) is 22.0 Å². The number of anilines is 1. The molecule has 6 aromatic rings. The zero-order valence-corrected chi connectivity index (χ0v) is 24.5. The van der Waals surface area contributed by atoms with E-state index in [1.807, 2.05) is 61.8 Å². The summed E-state index contributed by atoms with van der Waals surface area (Å²) in [6, 6.07) is 35.8. The first-order valence-corrected chi connectivity index (χ1v) is 13.1. The van der Waals surface area contributed by atoms with E-state index in [0.29, 0.717) is 11.5 Å². The van der Waals surface area contributed by atoms with Gasteiger partial charge in [-0.15, -0.1) is 35.1 Å². The molecule has 196 valence electrons. The molecule has 2 aliphatic heterocycles. The largest absolute Gasteiger partial charge is 2.00 e. The summed E-state index contributed by atoms with van der Waals surface area (Å²) in [5.74, 6) is 3.06. The molecule has 4 aromatic carbocycles. The van der Waals surface area contributed by atoms with E-state index >= 15 is 0 Å². The Bertz CT molecular complexity index is 1950. The first kappa shape index (κ1) is 25.0. The molecule has 2 aromatic heterocycles. The minimum absolute atomic E-state index is 0. The number of pyridine rings is 1. The van der Waals surface area contributed by atoms with Gasteiger partial charge in [0.05, 0.1) is 5.69 Å². The molecule has 0 saturated carbocycles. The molecule has 5 nitrogen and oxygen atoms in total. The van der Waals surface area contributed by atoms with Crippen molar-refractivity contribution in [3.8, 4) is 23.1 Å². The number of hydrogen-bond donors (Lipinski definition) is 0. The van der Waals surface area contributed by atoms with Gasteiger partial charge in [0.25, 0.3) is 0 Å². The van der Waals surface area contributed by atoms with Gasteiger partial charge in [0.2, 0.25) is 0 Å². The number of ether oxygens (including phenoxy) is 1. The van der Waals surface area contributed by atoms with Crippen molar-refractivity contribution in [2.45, 2.75) is 19.3 Å². The van der Waals surface area contributed by atoms with Crippen molar-refractivity contribution in [2.75, 3.05) is 11.9 Å². The Hall–Kier alpha value is -4.02. The second-order valence-electron chi connectivity index (χ2n) is 10.7. The first-order valence-electron chi connectivity index (χ1n) is 13.1. The van der Waals surface area contributed by atoms with Crippen LogP contribution in [0, 0.1) is 12.1 Å². The van der Waals surface area contributed by atoms with Crippen LogP contribution < -0.4 is 19.7 Å². The zero-order chi connectivity index (χ0) is 26.3. The summed E-state index contributed by atoms with van der Waals surface area (Å²) in [7, 11) is 1.77. The van der Waals surface area contributed by atoms with Crippen LogP contribution in [-0.4, -0.2) is 23.6 Å². The molecule has 2 aliphatic rings. The van der Waals surface area contributed by atoms with Crippen molar-refractivity contribution in [1.29, 1.82) is 0 Å². The third-order valence-corrected chi connectivity index (χ3v) is 8.13. The van der Waals surface area contributed by atoms with Crippen molar-refractivity contribution in [1.82, 2.24) is 9.55 Å². The van der Waals surface area contributed by atoms with Crippen LogP contribution in [0.5, 0.6) is 17.2 Å². The summed E-state index contributed by atoms with van der Waals surface area (Å²) < 4.78 is 14.8. The van der Waals surface area contributed by atoms with Gasteiger partial charge in [-0.1, -0.05) is 55.8 Å². The molecular formula is C33H24BN3O2Pt. The maximum absolute atomic E-state index is 6.35. The van der Waals surface area contributed by atoms with Gasteiger partial charge in [0.15, 0.2) is 0 Å². The molecule has 0 amide bonds. The summed E-state index contributed by atoms with van der Waals surface area (Å²) in [4.78, 5) is 6.95. The van der Waals surface area contributed by atoms with Crippen LogP contribution in [0.1, 0.15) is 25.0 Å². The number of benzene rings is 4. The van der Waals surface area contributed by atoms with Crippen molar-refractivity contribution in [2.24, 2.45) is 0 Å². The van der Waals surface area contributed by atoms with Gasteiger partial charge in [-0.3, -0.25) is 0 Å². The molecule has 0 N–H and O–H groups in total. The van der Waals surface area contributed by atoms with E-state index in [2.05, 4.69) is 71.8 Å². The van der Waals surface area contributed by atoms with Gasteiger partial charge in [-0.25, -0.2) is 4.98 Å². The Morgan fingerprint density at radius 1 is 0.825 bits per heavy atom. The van der Waals surface area contributed by atoms with Crippen LogP contribution in [0.2, 0.25) is 0 Å². The SMILES string of the molecule is CN1B(c2[c-]c(Oc3[c-]c4c(cc3)c3cccc5c3n4-c3ncccc3C5(C)C)ccc2)Oc2ccccc21.[Pt+2]. The fraction of sp³-hybridized carbons (Fsp3) is 0.121. The Balaban J connectivity index is 0.00000264. The topological polar surface area (TPSA) is 39.5 Å². The van der Waals surface area contributed by atoms with E-state index in [1.54, 1.807) is 0 Å². The maximum atomic E-state index is 6.35. The third kappa shape index (κ3) is 3.49. The smallest absolute Gasteiger partial charge is 0.537 e. The molecule has 40 heavy (non-hydrogen) atoms. The average Bonchev–Trinajstić information content (AvgIpc) is 3.47. The summed E-state index contributed by atoms with van der Waals surface area (Å²) in [6.07, 6.45) is 1.86. The van der Waals surface area contributed by atoms with Crippen molar-refractivity contribution in [3.05, 3.63) is 114 Å². The summed E-state index contributed by atoms with van der Waals surface area (Å²) in [5, 5.41) is 2.33.